The van der Waals surface area contributed by atoms with Gasteiger partial charge in [-0.25, -0.2) is 0 Å². The maximum Gasteiger partial charge on any atom is 0.123 e. The Hall–Kier alpha value is -1.02. The normalized spacial score (nSPS) is 13.9. The number of phenols is 1. The van der Waals surface area contributed by atoms with E-state index in [0.717, 1.165) is 17.5 Å². The van der Waals surface area contributed by atoms with Gasteiger partial charge in [-0.1, -0.05) is 33.8 Å². The van der Waals surface area contributed by atoms with Crippen LogP contribution in [0.4, 0.5) is 0 Å². The molecular formula is C14H23NO. The summed E-state index contributed by atoms with van der Waals surface area (Å²) in [6, 6.07) is 4.00. The van der Waals surface area contributed by atoms with Crippen molar-refractivity contribution in [2.45, 2.75) is 52.5 Å². The monoisotopic (exact) mass is 221 g/mol. The molecule has 0 amide bonds. The lowest BCUT2D eigenvalue weighted by Crippen LogP contribution is -2.15. The molecule has 0 aliphatic carbocycles. The van der Waals surface area contributed by atoms with Crippen molar-refractivity contribution in [3.8, 4) is 5.75 Å². The zero-order valence-corrected chi connectivity index (χ0v) is 11.0. The predicted octanol–water partition coefficient (Wildman–Crippen LogP) is 3.41. The van der Waals surface area contributed by atoms with Gasteiger partial charge in [-0.3, -0.25) is 0 Å². The summed E-state index contributed by atoms with van der Waals surface area (Å²) in [7, 11) is 0. The molecule has 1 aromatic rings. The third-order valence-electron chi connectivity index (χ3n) is 3.04. The Morgan fingerprint density at radius 3 is 2.31 bits per heavy atom. The lowest BCUT2D eigenvalue weighted by molar-refractivity contribution is 0.454. The Kier molecular flexibility index (Phi) is 3.64. The molecule has 0 aliphatic heterocycles. The van der Waals surface area contributed by atoms with E-state index in [0.29, 0.717) is 5.75 Å². The molecule has 3 N–H and O–H groups in total. The second-order valence-electron chi connectivity index (χ2n) is 5.50. The number of nitrogens with two attached hydrogens (primary N) is 1. The Bertz CT molecular complexity index is 377. The smallest absolute Gasteiger partial charge is 0.123 e. The number of phenolic OH excluding ortho intramolecular Hbond substituents is 1. The molecule has 1 unspecified atom stereocenters. The molecule has 1 aromatic carbocycles. The van der Waals surface area contributed by atoms with E-state index in [1.54, 1.807) is 0 Å². The summed E-state index contributed by atoms with van der Waals surface area (Å²) in [5.41, 5.74) is 9.10. The van der Waals surface area contributed by atoms with Crippen molar-refractivity contribution in [3.05, 3.63) is 28.8 Å². The summed E-state index contributed by atoms with van der Waals surface area (Å²) >= 11 is 0. The Morgan fingerprint density at radius 2 is 1.88 bits per heavy atom. The average molecular weight is 221 g/mol. The van der Waals surface area contributed by atoms with E-state index in [-0.39, 0.29) is 11.5 Å². The van der Waals surface area contributed by atoms with Crippen LogP contribution >= 0.6 is 0 Å². The largest absolute Gasteiger partial charge is 0.507 e. The van der Waals surface area contributed by atoms with Gasteiger partial charge in [0.05, 0.1) is 0 Å². The zero-order valence-electron chi connectivity index (χ0n) is 11.0. The van der Waals surface area contributed by atoms with Gasteiger partial charge in [0, 0.05) is 11.6 Å². The van der Waals surface area contributed by atoms with Crippen molar-refractivity contribution in [1.82, 2.24) is 0 Å². The molecule has 1 atom stereocenters. The minimum Gasteiger partial charge on any atom is -0.507 e. The van der Waals surface area contributed by atoms with Gasteiger partial charge in [0.15, 0.2) is 0 Å². The number of aryl methyl sites for hydroxylation is 1. The molecule has 0 saturated carbocycles. The maximum absolute atomic E-state index is 10.0. The molecule has 0 heterocycles. The van der Waals surface area contributed by atoms with Gasteiger partial charge < -0.3 is 10.8 Å². The van der Waals surface area contributed by atoms with E-state index in [1.807, 2.05) is 26.0 Å². The highest BCUT2D eigenvalue weighted by Gasteiger charge is 2.19. The van der Waals surface area contributed by atoms with E-state index in [1.165, 1.54) is 5.56 Å². The van der Waals surface area contributed by atoms with Gasteiger partial charge in [0.25, 0.3) is 0 Å². The molecule has 0 saturated heterocycles. The summed E-state index contributed by atoms with van der Waals surface area (Å²) < 4.78 is 0. The van der Waals surface area contributed by atoms with E-state index >= 15 is 0 Å². The van der Waals surface area contributed by atoms with Gasteiger partial charge in [-0.15, -0.1) is 0 Å². The lowest BCUT2D eigenvalue weighted by Gasteiger charge is -2.23. The summed E-state index contributed by atoms with van der Waals surface area (Å²) in [5, 5.41) is 10.0. The Labute approximate surface area is 98.5 Å². The molecule has 1 rings (SSSR count). The van der Waals surface area contributed by atoms with Crippen LogP contribution in [0.5, 0.6) is 5.75 Å². The highest BCUT2D eigenvalue weighted by Crippen LogP contribution is 2.33. The molecule has 0 aliphatic rings. The number of rotatable bonds is 2. The third kappa shape index (κ3) is 2.56. The van der Waals surface area contributed by atoms with Crippen molar-refractivity contribution in [2.24, 2.45) is 5.73 Å². The van der Waals surface area contributed by atoms with Crippen LogP contribution < -0.4 is 5.73 Å². The van der Waals surface area contributed by atoms with Crippen LogP contribution in [0.25, 0.3) is 0 Å². The molecule has 0 radical (unpaired) electrons. The maximum atomic E-state index is 10.0. The molecule has 0 fully saturated rings. The van der Waals surface area contributed by atoms with Crippen LogP contribution in [-0.2, 0) is 5.41 Å². The molecule has 90 valence electrons. The molecule has 2 nitrogen and oxygen atoms in total. The van der Waals surface area contributed by atoms with Crippen LogP contribution in [-0.4, -0.2) is 5.11 Å². The fraction of sp³-hybridized carbons (Fsp3) is 0.571. The van der Waals surface area contributed by atoms with Gasteiger partial charge in [-0.2, -0.15) is 0 Å². The molecule has 0 bridgehead atoms. The van der Waals surface area contributed by atoms with Gasteiger partial charge in [0.2, 0.25) is 0 Å². The van der Waals surface area contributed by atoms with Crippen LogP contribution in [0.15, 0.2) is 12.1 Å². The standard InChI is InChI=1S/C14H23NO/c1-6-12(15)11-8-10(14(3,4)5)7-9(2)13(11)16/h7-8,12,16H,6,15H2,1-5H3. The fourth-order valence-corrected chi connectivity index (χ4v) is 1.74. The number of benzene rings is 1. The Morgan fingerprint density at radius 1 is 1.31 bits per heavy atom. The minimum absolute atomic E-state index is 0.0824. The molecular weight excluding hydrogens is 198 g/mol. The highest BCUT2D eigenvalue weighted by molar-refractivity contribution is 5.46. The average Bonchev–Trinajstić information content (AvgIpc) is 2.19. The summed E-state index contributed by atoms with van der Waals surface area (Å²) in [6.07, 6.45) is 0.834. The van der Waals surface area contributed by atoms with Crippen LogP contribution in [0.1, 0.15) is 56.8 Å². The third-order valence-corrected chi connectivity index (χ3v) is 3.04. The molecule has 0 spiro atoms. The van der Waals surface area contributed by atoms with E-state index < -0.39 is 0 Å². The van der Waals surface area contributed by atoms with Crippen molar-refractivity contribution in [1.29, 1.82) is 0 Å². The number of aromatic hydroxyl groups is 1. The summed E-state index contributed by atoms with van der Waals surface area (Å²) in [6.45, 7) is 10.5. The minimum atomic E-state index is -0.0824. The van der Waals surface area contributed by atoms with Crippen LogP contribution in [0.2, 0.25) is 0 Å². The SMILES string of the molecule is CCC(N)c1cc(C(C)(C)C)cc(C)c1O. The van der Waals surface area contributed by atoms with Gasteiger partial charge in [-0.05, 0) is 36.0 Å². The summed E-state index contributed by atoms with van der Waals surface area (Å²) in [5.74, 6) is 0.349. The van der Waals surface area contributed by atoms with E-state index in [9.17, 15) is 5.11 Å². The van der Waals surface area contributed by atoms with Crippen molar-refractivity contribution >= 4 is 0 Å². The van der Waals surface area contributed by atoms with Crippen LogP contribution in [0, 0.1) is 6.92 Å². The first kappa shape index (κ1) is 13.0. The highest BCUT2D eigenvalue weighted by atomic mass is 16.3. The first-order chi connectivity index (χ1) is 7.27. The van der Waals surface area contributed by atoms with Crippen molar-refractivity contribution in [3.63, 3.8) is 0 Å². The fourth-order valence-electron chi connectivity index (χ4n) is 1.74. The van der Waals surface area contributed by atoms with Gasteiger partial charge >= 0.3 is 0 Å². The predicted molar refractivity (Wildman–Crippen MR) is 68.8 cm³/mol. The Balaban J connectivity index is 3.33. The quantitative estimate of drug-likeness (QED) is 0.804. The second kappa shape index (κ2) is 4.46. The topological polar surface area (TPSA) is 46.2 Å². The lowest BCUT2D eigenvalue weighted by atomic mass is 9.83. The first-order valence-electron chi connectivity index (χ1n) is 5.87. The van der Waals surface area contributed by atoms with E-state index in [2.05, 4.69) is 20.8 Å². The van der Waals surface area contributed by atoms with Crippen molar-refractivity contribution in [2.75, 3.05) is 0 Å². The number of hydrogen-bond donors (Lipinski definition) is 2. The van der Waals surface area contributed by atoms with Gasteiger partial charge in [0.1, 0.15) is 5.75 Å². The van der Waals surface area contributed by atoms with Crippen LogP contribution in [0.3, 0.4) is 0 Å². The molecule has 16 heavy (non-hydrogen) atoms. The second-order valence-corrected chi connectivity index (χ2v) is 5.50. The van der Waals surface area contributed by atoms with E-state index in [4.69, 9.17) is 5.73 Å². The first-order valence-corrected chi connectivity index (χ1v) is 5.87. The zero-order chi connectivity index (χ0) is 12.5. The molecule has 2 heteroatoms. The number of hydrogen-bond acceptors (Lipinski definition) is 2. The molecule has 0 aromatic heterocycles. The summed E-state index contributed by atoms with van der Waals surface area (Å²) in [4.78, 5) is 0. The van der Waals surface area contributed by atoms with Crippen molar-refractivity contribution < 1.29 is 5.11 Å².